The minimum atomic E-state index is -0.264. The second-order valence-electron chi connectivity index (χ2n) is 5.09. The summed E-state index contributed by atoms with van der Waals surface area (Å²) in [6.07, 6.45) is 0. The standard InChI is InChI=1S/C16H15BrFN3/c1-10-2-5-12(6-3-10)21-15(9-20-16(21)19)13-7-4-11(18)8-14(13)17/h2-8,15H,9H2,1H3,(H2,19,20). The third-order valence-electron chi connectivity index (χ3n) is 3.62. The van der Waals surface area contributed by atoms with Crippen LogP contribution in [0.3, 0.4) is 0 Å². The summed E-state index contributed by atoms with van der Waals surface area (Å²) < 4.78 is 14.0. The van der Waals surface area contributed by atoms with E-state index in [0.29, 0.717) is 12.5 Å². The molecule has 0 aromatic heterocycles. The molecule has 2 aromatic rings. The molecule has 1 unspecified atom stereocenters. The molecule has 0 bridgehead atoms. The molecule has 0 fully saturated rings. The van der Waals surface area contributed by atoms with Gasteiger partial charge in [-0.3, -0.25) is 4.99 Å². The van der Waals surface area contributed by atoms with E-state index in [1.807, 2.05) is 36.1 Å². The molecule has 21 heavy (non-hydrogen) atoms. The molecular weight excluding hydrogens is 333 g/mol. The van der Waals surface area contributed by atoms with E-state index in [9.17, 15) is 4.39 Å². The van der Waals surface area contributed by atoms with Crippen molar-refractivity contribution < 1.29 is 4.39 Å². The van der Waals surface area contributed by atoms with Crippen LogP contribution < -0.4 is 10.6 Å². The van der Waals surface area contributed by atoms with Crippen molar-refractivity contribution in [1.82, 2.24) is 0 Å². The van der Waals surface area contributed by atoms with Crippen molar-refractivity contribution in [3.8, 4) is 0 Å². The molecule has 3 nitrogen and oxygen atoms in total. The maximum absolute atomic E-state index is 13.3. The van der Waals surface area contributed by atoms with Gasteiger partial charge < -0.3 is 10.6 Å². The second-order valence-corrected chi connectivity index (χ2v) is 5.94. The maximum atomic E-state index is 13.3. The SMILES string of the molecule is Cc1ccc(N2C(N)=NCC2c2ccc(F)cc2Br)cc1. The van der Waals surface area contributed by atoms with Crippen LogP contribution in [-0.4, -0.2) is 12.5 Å². The summed E-state index contributed by atoms with van der Waals surface area (Å²) >= 11 is 3.43. The summed E-state index contributed by atoms with van der Waals surface area (Å²) in [6, 6.07) is 12.8. The number of nitrogens with zero attached hydrogens (tertiary/aromatic N) is 2. The third kappa shape index (κ3) is 2.65. The largest absolute Gasteiger partial charge is 0.369 e. The number of aryl methyl sites for hydroxylation is 1. The number of halogens is 2. The van der Waals surface area contributed by atoms with Crippen LogP contribution in [0.4, 0.5) is 10.1 Å². The molecule has 3 rings (SSSR count). The average Bonchev–Trinajstić information content (AvgIpc) is 2.82. The monoisotopic (exact) mass is 347 g/mol. The number of guanidine groups is 1. The molecule has 0 radical (unpaired) electrons. The van der Waals surface area contributed by atoms with Gasteiger partial charge in [-0.15, -0.1) is 0 Å². The van der Waals surface area contributed by atoms with Crippen LogP contribution in [0, 0.1) is 12.7 Å². The van der Waals surface area contributed by atoms with E-state index in [-0.39, 0.29) is 11.9 Å². The Hall–Kier alpha value is -1.88. The van der Waals surface area contributed by atoms with Crippen LogP contribution in [0.1, 0.15) is 17.2 Å². The van der Waals surface area contributed by atoms with Crippen molar-refractivity contribution in [2.45, 2.75) is 13.0 Å². The highest BCUT2D eigenvalue weighted by molar-refractivity contribution is 9.10. The molecule has 1 aliphatic heterocycles. The Kier molecular flexibility index (Phi) is 3.68. The maximum Gasteiger partial charge on any atom is 0.196 e. The van der Waals surface area contributed by atoms with Crippen LogP contribution in [0.15, 0.2) is 51.9 Å². The summed E-state index contributed by atoms with van der Waals surface area (Å²) in [6.45, 7) is 2.60. The van der Waals surface area contributed by atoms with Crippen molar-refractivity contribution in [1.29, 1.82) is 0 Å². The smallest absolute Gasteiger partial charge is 0.196 e. The van der Waals surface area contributed by atoms with E-state index in [1.165, 1.54) is 17.7 Å². The number of anilines is 1. The van der Waals surface area contributed by atoms with Gasteiger partial charge in [-0.1, -0.05) is 39.7 Å². The fourth-order valence-electron chi connectivity index (χ4n) is 2.52. The van der Waals surface area contributed by atoms with Crippen LogP contribution in [0.5, 0.6) is 0 Å². The van der Waals surface area contributed by atoms with Crippen LogP contribution in [0.2, 0.25) is 0 Å². The predicted molar refractivity (Wildman–Crippen MR) is 87.0 cm³/mol. The van der Waals surface area contributed by atoms with E-state index in [2.05, 4.69) is 20.9 Å². The van der Waals surface area contributed by atoms with Crippen molar-refractivity contribution in [3.63, 3.8) is 0 Å². The third-order valence-corrected chi connectivity index (χ3v) is 4.31. The zero-order valence-corrected chi connectivity index (χ0v) is 13.1. The minimum absolute atomic E-state index is 0.0253. The average molecular weight is 348 g/mol. The Morgan fingerprint density at radius 3 is 2.62 bits per heavy atom. The van der Waals surface area contributed by atoms with Gasteiger partial charge in [0.05, 0.1) is 12.6 Å². The molecular formula is C16H15BrFN3. The first-order chi connectivity index (χ1) is 10.1. The number of rotatable bonds is 2. The number of nitrogens with two attached hydrogens (primary N) is 1. The fourth-order valence-corrected chi connectivity index (χ4v) is 3.14. The molecule has 0 aliphatic carbocycles. The van der Waals surface area contributed by atoms with Gasteiger partial charge in [-0.05, 0) is 36.8 Å². The Labute approximate surface area is 131 Å². The number of aliphatic imine (C=N–C) groups is 1. The van der Waals surface area contributed by atoms with Crippen molar-refractivity contribution >= 4 is 27.6 Å². The fraction of sp³-hybridized carbons (Fsp3) is 0.188. The molecule has 5 heteroatoms. The number of hydrogen-bond donors (Lipinski definition) is 1. The van der Waals surface area contributed by atoms with Gasteiger partial charge in [-0.25, -0.2) is 4.39 Å². The van der Waals surface area contributed by atoms with Gasteiger partial charge in [0.1, 0.15) is 5.82 Å². The van der Waals surface area contributed by atoms with Gasteiger partial charge in [0.15, 0.2) is 5.96 Å². The highest BCUT2D eigenvalue weighted by Gasteiger charge is 2.30. The molecule has 0 saturated carbocycles. The second kappa shape index (κ2) is 5.48. The van der Waals surface area contributed by atoms with E-state index in [1.54, 1.807) is 6.07 Å². The summed E-state index contributed by atoms with van der Waals surface area (Å²) in [4.78, 5) is 6.33. The zero-order valence-electron chi connectivity index (χ0n) is 11.6. The predicted octanol–water partition coefficient (Wildman–Crippen LogP) is 3.77. The lowest BCUT2D eigenvalue weighted by atomic mass is 10.1. The van der Waals surface area contributed by atoms with E-state index < -0.39 is 0 Å². The molecule has 1 aliphatic rings. The Balaban J connectivity index is 2.00. The van der Waals surface area contributed by atoms with E-state index >= 15 is 0 Å². The molecule has 0 amide bonds. The lowest BCUT2D eigenvalue weighted by molar-refractivity contribution is 0.624. The van der Waals surface area contributed by atoms with Crippen molar-refractivity contribution in [2.24, 2.45) is 10.7 Å². The molecule has 1 atom stereocenters. The summed E-state index contributed by atoms with van der Waals surface area (Å²) in [7, 11) is 0. The summed E-state index contributed by atoms with van der Waals surface area (Å²) in [5.41, 5.74) is 9.19. The van der Waals surface area contributed by atoms with Gasteiger partial charge in [-0.2, -0.15) is 0 Å². The number of benzene rings is 2. The number of hydrogen-bond acceptors (Lipinski definition) is 3. The normalized spacial score (nSPS) is 18.0. The first-order valence-electron chi connectivity index (χ1n) is 6.67. The van der Waals surface area contributed by atoms with Crippen LogP contribution in [-0.2, 0) is 0 Å². The topological polar surface area (TPSA) is 41.6 Å². The van der Waals surface area contributed by atoms with E-state index in [4.69, 9.17) is 5.73 Å². The highest BCUT2D eigenvalue weighted by atomic mass is 79.9. The van der Waals surface area contributed by atoms with Gasteiger partial charge in [0.2, 0.25) is 0 Å². The molecule has 0 spiro atoms. The molecule has 108 valence electrons. The van der Waals surface area contributed by atoms with Crippen LogP contribution in [0.25, 0.3) is 0 Å². The molecule has 2 N–H and O–H groups in total. The Bertz CT molecular complexity index is 697. The molecule has 0 saturated heterocycles. The first kappa shape index (κ1) is 14.1. The quantitative estimate of drug-likeness (QED) is 0.898. The minimum Gasteiger partial charge on any atom is -0.369 e. The zero-order chi connectivity index (χ0) is 15.0. The van der Waals surface area contributed by atoms with Gasteiger partial charge in [0, 0.05) is 10.2 Å². The van der Waals surface area contributed by atoms with Crippen molar-refractivity contribution in [3.05, 3.63) is 63.9 Å². The summed E-state index contributed by atoms with van der Waals surface area (Å²) in [5.74, 6) is 0.222. The van der Waals surface area contributed by atoms with Crippen LogP contribution >= 0.6 is 15.9 Å². The first-order valence-corrected chi connectivity index (χ1v) is 7.46. The summed E-state index contributed by atoms with van der Waals surface area (Å²) in [5, 5.41) is 0. The van der Waals surface area contributed by atoms with Gasteiger partial charge in [0.25, 0.3) is 0 Å². The highest BCUT2D eigenvalue weighted by Crippen LogP contribution is 2.35. The Morgan fingerprint density at radius 1 is 1.24 bits per heavy atom. The Morgan fingerprint density at radius 2 is 1.95 bits per heavy atom. The molecule has 2 aromatic carbocycles. The van der Waals surface area contributed by atoms with Crippen molar-refractivity contribution in [2.75, 3.05) is 11.4 Å². The lowest BCUT2D eigenvalue weighted by Crippen LogP contribution is -2.36. The molecule has 1 heterocycles. The van der Waals surface area contributed by atoms with E-state index in [0.717, 1.165) is 15.7 Å². The van der Waals surface area contributed by atoms with Gasteiger partial charge >= 0.3 is 0 Å². The lowest BCUT2D eigenvalue weighted by Gasteiger charge is -2.27.